The van der Waals surface area contributed by atoms with Gasteiger partial charge in [-0.3, -0.25) is 14.4 Å². The second-order valence-corrected chi connectivity index (χ2v) is 12.8. The monoisotopic (exact) mass is 616 g/mol. The molecule has 0 spiro atoms. The molecule has 14 heteroatoms. The van der Waals surface area contributed by atoms with Crippen molar-refractivity contribution in [3.8, 4) is 6.07 Å². The Bertz CT molecular complexity index is 1300. The molecule has 2 heterocycles. The van der Waals surface area contributed by atoms with Gasteiger partial charge in [0.1, 0.15) is 36.5 Å². The van der Waals surface area contributed by atoms with Crippen LogP contribution in [0.4, 0.5) is 0 Å². The van der Waals surface area contributed by atoms with E-state index < -0.39 is 58.8 Å². The third kappa shape index (κ3) is 7.71. The van der Waals surface area contributed by atoms with Crippen molar-refractivity contribution in [3.05, 3.63) is 23.5 Å². The topological polar surface area (TPSA) is 225 Å². The third-order valence-electron chi connectivity index (χ3n) is 8.13. The molecular weight excluding hydrogens is 572 g/mol. The lowest BCUT2D eigenvalue weighted by molar-refractivity contribution is -0.163. The van der Waals surface area contributed by atoms with E-state index >= 15 is 0 Å². The molecule has 1 saturated heterocycles. The highest BCUT2D eigenvalue weighted by Crippen LogP contribution is 2.41. The molecule has 1 saturated carbocycles. The molecule has 5 atom stereocenters. The Morgan fingerprint density at radius 2 is 1.91 bits per heavy atom. The Balaban J connectivity index is 1.94. The van der Waals surface area contributed by atoms with Gasteiger partial charge in [0.15, 0.2) is 11.9 Å². The molecule has 44 heavy (non-hydrogen) atoms. The quantitative estimate of drug-likeness (QED) is 0.168. The van der Waals surface area contributed by atoms with Crippen LogP contribution in [0, 0.1) is 22.7 Å². The minimum atomic E-state index is -2.11. The lowest BCUT2D eigenvalue weighted by Crippen LogP contribution is -2.49. The molecule has 3 rings (SSSR count). The van der Waals surface area contributed by atoms with Crippen molar-refractivity contribution >= 4 is 30.0 Å². The summed E-state index contributed by atoms with van der Waals surface area (Å²) in [5.74, 6) is -1.80. The first-order chi connectivity index (χ1) is 20.6. The summed E-state index contributed by atoms with van der Waals surface area (Å²) in [7, 11) is 1.36. The number of hydrogen-bond donors (Lipinski definition) is 4. The number of carbonyl (C=O) groups is 3. The highest BCUT2D eigenvalue weighted by molar-refractivity contribution is 6.08. The van der Waals surface area contributed by atoms with E-state index in [4.69, 9.17) is 30.4 Å². The molecule has 14 nitrogen and oxygen atoms in total. The average Bonchev–Trinajstić information content (AvgIpc) is 3.72. The van der Waals surface area contributed by atoms with Gasteiger partial charge in [-0.2, -0.15) is 10.3 Å². The van der Waals surface area contributed by atoms with E-state index in [0.29, 0.717) is 0 Å². The number of methoxy groups -OCH3 is 1. The number of carbonyl (C=O) groups excluding carboxylic acids is 3. The van der Waals surface area contributed by atoms with Crippen LogP contribution in [0.25, 0.3) is 0 Å². The summed E-state index contributed by atoms with van der Waals surface area (Å²) in [6, 6.07) is 3.83. The summed E-state index contributed by atoms with van der Waals surface area (Å²) < 4.78 is 22.4. The van der Waals surface area contributed by atoms with Gasteiger partial charge >= 0.3 is 11.9 Å². The number of aromatic amines is 1. The van der Waals surface area contributed by atoms with E-state index in [-0.39, 0.29) is 36.2 Å². The molecule has 0 aromatic carbocycles. The number of amides is 1. The summed E-state index contributed by atoms with van der Waals surface area (Å²) in [5, 5.41) is 21.9. The maximum absolute atomic E-state index is 13.0. The molecule has 1 aliphatic heterocycles. The number of nitrogens with zero attached hydrogens (tertiary/aromatic N) is 3. The minimum Gasteiger partial charge on any atom is -0.463 e. The van der Waals surface area contributed by atoms with Gasteiger partial charge in [0.25, 0.3) is 5.91 Å². The first-order valence-corrected chi connectivity index (χ1v) is 14.6. The Morgan fingerprint density at radius 1 is 1.25 bits per heavy atom. The second kappa shape index (κ2) is 14.0. The van der Waals surface area contributed by atoms with E-state index in [9.17, 15) is 24.8 Å². The predicted molar refractivity (Wildman–Crippen MR) is 159 cm³/mol. The molecule has 1 aromatic rings. The van der Waals surface area contributed by atoms with E-state index in [0.717, 1.165) is 32.0 Å². The minimum absolute atomic E-state index is 0.0434. The van der Waals surface area contributed by atoms with Crippen LogP contribution in [0.1, 0.15) is 78.1 Å². The zero-order valence-corrected chi connectivity index (χ0v) is 26.2. The van der Waals surface area contributed by atoms with Crippen molar-refractivity contribution in [1.29, 1.82) is 5.26 Å². The predicted octanol–water partition coefficient (Wildman–Crippen LogP) is 1.59. The molecule has 6 N–H and O–H groups in total. The number of esters is 2. The van der Waals surface area contributed by atoms with Crippen LogP contribution in [0.2, 0.25) is 0 Å². The number of nitrogens with two attached hydrogens (primary N) is 2. The van der Waals surface area contributed by atoms with Gasteiger partial charge in [-0.25, -0.2) is 4.99 Å². The highest BCUT2D eigenvalue weighted by Gasteiger charge is 2.59. The van der Waals surface area contributed by atoms with Crippen LogP contribution in [0.3, 0.4) is 0 Å². The lowest BCUT2D eigenvalue weighted by atomic mass is 9.87. The molecule has 2 aliphatic rings. The Kier molecular flexibility index (Phi) is 11.1. The fourth-order valence-corrected chi connectivity index (χ4v) is 4.99. The van der Waals surface area contributed by atoms with Crippen molar-refractivity contribution < 1.29 is 38.4 Å². The fraction of sp³-hybridized carbons (Fsp3) is 0.667. The molecule has 242 valence electrons. The molecular formula is C30H44N6O8. The summed E-state index contributed by atoms with van der Waals surface area (Å²) in [4.78, 5) is 49.2. The molecule has 0 unspecified atom stereocenters. The van der Waals surface area contributed by atoms with Gasteiger partial charge in [0.05, 0.1) is 17.7 Å². The van der Waals surface area contributed by atoms with E-state index in [1.807, 2.05) is 6.07 Å². The first kappa shape index (κ1) is 34.8. The van der Waals surface area contributed by atoms with Crippen LogP contribution in [-0.2, 0) is 38.9 Å². The maximum Gasteiger partial charge on any atom is 0.323 e. The largest absolute Gasteiger partial charge is 0.463 e. The van der Waals surface area contributed by atoms with Crippen molar-refractivity contribution in [2.75, 3.05) is 13.7 Å². The lowest BCUT2D eigenvalue weighted by Gasteiger charge is -2.28. The van der Waals surface area contributed by atoms with Crippen molar-refractivity contribution in [2.24, 2.45) is 32.8 Å². The Hall–Kier alpha value is -3.64. The van der Waals surface area contributed by atoms with Gasteiger partial charge in [0, 0.05) is 13.5 Å². The molecule has 1 amide bonds. The molecule has 2 fully saturated rings. The zero-order valence-electron chi connectivity index (χ0n) is 26.2. The van der Waals surface area contributed by atoms with Crippen LogP contribution in [-0.4, -0.2) is 83.8 Å². The maximum atomic E-state index is 13.0. The van der Waals surface area contributed by atoms with Gasteiger partial charge < -0.3 is 40.5 Å². The molecule has 0 radical (unpaired) electrons. The first-order valence-electron chi connectivity index (χ1n) is 14.6. The number of amidine groups is 1. The van der Waals surface area contributed by atoms with Gasteiger partial charge in [-0.1, -0.05) is 33.6 Å². The summed E-state index contributed by atoms with van der Waals surface area (Å²) in [5.41, 5.74) is 7.78. The zero-order chi connectivity index (χ0) is 32.9. The number of nitrogens with one attached hydrogen (secondary N) is 1. The average molecular weight is 617 g/mol. The molecule has 0 bridgehead atoms. The highest BCUT2D eigenvalue weighted by atomic mass is 16.6. The molecule has 1 aromatic heterocycles. The number of aliphatic hydroxyl groups is 1. The summed E-state index contributed by atoms with van der Waals surface area (Å²) >= 11 is 0. The van der Waals surface area contributed by atoms with Crippen molar-refractivity contribution in [1.82, 2.24) is 4.98 Å². The number of rotatable bonds is 10. The van der Waals surface area contributed by atoms with Crippen LogP contribution in [0.5, 0.6) is 0 Å². The second-order valence-electron chi connectivity index (χ2n) is 12.8. The van der Waals surface area contributed by atoms with E-state index in [1.165, 1.54) is 33.1 Å². The number of ether oxygens (including phenoxy) is 4. The number of nitriles is 1. The Labute approximate surface area is 257 Å². The van der Waals surface area contributed by atoms with Crippen LogP contribution in [0.15, 0.2) is 22.1 Å². The number of aliphatic hydroxyl groups excluding tert-OH is 1. The smallest absolute Gasteiger partial charge is 0.323 e. The number of aromatic nitrogens is 1. The standard InChI is InChI=1S/C30H44N6O8/c1-28(2,3)23(33)26(39)43-22-19(14-42-21(37)13-17-9-7-8-10-17)44-30(15-31,24(22)38)20-12-11-18(35-20)25(34-16-32)36-27(40)29(4,5)41-6/h11-12,16-17,19,22-24,35,38H,7-10,13-14,33H2,1-6H3,(H2,32,34,36,40)/t19-,22-,23-,24-,30+/m1/s1. The van der Waals surface area contributed by atoms with Gasteiger partial charge in [0.2, 0.25) is 5.60 Å². The Morgan fingerprint density at radius 3 is 2.48 bits per heavy atom. The fourth-order valence-electron chi connectivity index (χ4n) is 4.99. The van der Waals surface area contributed by atoms with E-state index in [1.54, 1.807) is 20.8 Å². The van der Waals surface area contributed by atoms with Crippen LogP contribution >= 0.6 is 0 Å². The summed E-state index contributed by atoms with van der Waals surface area (Å²) in [6.07, 6.45) is 0.829. The third-order valence-corrected chi connectivity index (χ3v) is 8.13. The van der Waals surface area contributed by atoms with Crippen molar-refractivity contribution in [2.45, 2.75) is 102 Å². The van der Waals surface area contributed by atoms with Crippen molar-refractivity contribution in [3.63, 3.8) is 0 Å². The number of hydrogen-bond acceptors (Lipinski definition) is 10. The SMILES string of the molecule is COC(C)(C)C(=O)N=C(N=CN)c1ccc([C@]2(C#N)O[C@H](COC(=O)CC3CCCC3)[C@@H](OC(=O)[C@@H](N)C(C)(C)C)[C@H]2O)[nH]1. The van der Waals surface area contributed by atoms with Gasteiger partial charge in [-0.15, -0.1) is 0 Å². The number of H-pyrrole nitrogens is 1. The van der Waals surface area contributed by atoms with Crippen LogP contribution < -0.4 is 11.5 Å². The molecule has 1 aliphatic carbocycles. The normalized spacial score (nSPS) is 25.6. The van der Waals surface area contributed by atoms with E-state index in [2.05, 4.69) is 15.0 Å². The summed E-state index contributed by atoms with van der Waals surface area (Å²) in [6.45, 7) is 7.94. The van der Waals surface area contributed by atoms with Gasteiger partial charge in [-0.05, 0) is 50.2 Å². The number of aliphatic imine (C=N–C) groups is 2.